The van der Waals surface area contributed by atoms with Crippen molar-refractivity contribution in [1.29, 1.82) is 0 Å². The van der Waals surface area contributed by atoms with E-state index in [4.69, 9.17) is 0 Å². The Bertz CT molecular complexity index is 577. The maximum Gasteiger partial charge on any atom is 0.274 e. The molecule has 0 aliphatic carbocycles. The number of hydrogen-bond donors (Lipinski definition) is 1. The topological polar surface area (TPSA) is 58.1 Å². The molecule has 0 bridgehead atoms. The van der Waals surface area contributed by atoms with Crippen molar-refractivity contribution in [1.82, 2.24) is 9.97 Å². The number of pyridine rings is 2. The van der Waals surface area contributed by atoms with Crippen molar-refractivity contribution in [3.63, 3.8) is 0 Å². The largest absolute Gasteiger partial charge is 0.357 e. The number of rotatable bonds is 3. The molecule has 0 saturated carbocycles. The highest BCUT2D eigenvalue weighted by Crippen LogP contribution is 2.19. The number of anilines is 2. The van der Waals surface area contributed by atoms with Gasteiger partial charge in [-0.05, 0) is 37.1 Å². The third-order valence-corrected chi connectivity index (χ3v) is 3.33. The first kappa shape index (κ1) is 12.6. The lowest BCUT2D eigenvalue weighted by atomic mass is 10.3. The van der Waals surface area contributed by atoms with Crippen molar-refractivity contribution >= 4 is 17.4 Å². The Morgan fingerprint density at radius 2 is 1.95 bits per heavy atom. The van der Waals surface area contributed by atoms with Crippen LogP contribution >= 0.6 is 0 Å². The molecule has 0 unspecified atom stereocenters. The minimum absolute atomic E-state index is 0.221. The van der Waals surface area contributed by atoms with Crippen LogP contribution in [0.2, 0.25) is 0 Å². The van der Waals surface area contributed by atoms with E-state index in [2.05, 4.69) is 20.2 Å². The molecular weight excluding hydrogens is 252 g/mol. The van der Waals surface area contributed by atoms with Crippen LogP contribution in [0.3, 0.4) is 0 Å². The molecule has 1 saturated heterocycles. The Morgan fingerprint density at radius 3 is 2.60 bits per heavy atom. The molecule has 0 spiro atoms. The summed E-state index contributed by atoms with van der Waals surface area (Å²) in [5.41, 5.74) is 1.08. The van der Waals surface area contributed by atoms with E-state index < -0.39 is 0 Å². The van der Waals surface area contributed by atoms with Gasteiger partial charge >= 0.3 is 0 Å². The standard InChI is InChI=1S/C15H16N4O/c20-15(13-5-1-2-8-16-13)18-12-6-7-14(17-11-12)19-9-3-4-10-19/h1-2,5-8,11H,3-4,9-10H2,(H,18,20). The lowest BCUT2D eigenvalue weighted by molar-refractivity contribution is 0.102. The highest BCUT2D eigenvalue weighted by atomic mass is 16.1. The van der Waals surface area contributed by atoms with Gasteiger partial charge in [-0.1, -0.05) is 6.07 Å². The van der Waals surface area contributed by atoms with Crippen LogP contribution < -0.4 is 10.2 Å². The van der Waals surface area contributed by atoms with E-state index in [1.807, 2.05) is 12.1 Å². The molecule has 0 atom stereocenters. The number of nitrogens with zero attached hydrogens (tertiary/aromatic N) is 3. The number of carbonyl (C=O) groups is 1. The molecule has 2 aromatic heterocycles. The van der Waals surface area contributed by atoms with Gasteiger partial charge in [-0.3, -0.25) is 9.78 Å². The van der Waals surface area contributed by atoms with Crippen LogP contribution in [-0.2, 0) is 0 Å². The van der Waals surface area contributed by atoms with Crippen molar-refractivity contribution in [2.45, 2.75) is 12.8 Å². The molecule has 1 fully saturated rings. The minimum atomic E-state index is -0.221. The van der Waals surface area contributed by atoms with Crippen LogP contribution in [0.4, 0.5) is 11.5 Å². The predicted molar refractivity (Wildman–Crippen MR) is 77.9 cm³/mol. The van der Waals surface area contributed by atoms with Crippen LogP contribution in [0.15, 0.2) is 42.7 Å². The zero-order valence-corrected chi connectivity index (χ0v) is 11.1. The smallest absolute Gasteiger partial charge is 0.274 e. The first-order chi connectivity index (χ1) is 9.83. The van der Waals surface area contributed by atoms with Crippen LogP contribution in [0.5, 0.6) is 0 Å². The zero-order valence-electron chi connectivity index (χ0n) is 11.1. The van der Waals surface area contributed by atoms with E-state index in [-0.39, 0.29) is 5.91 Å². The second-order valence-electron chi connectivity index (χ2n) is 4.77. The maximum absolute atomic E-state index is 11.9. The number of amides is 1. The normalized spacial score (nSPS) is 14.3. The van der Waals surface area contributed by atoms with Gasteiger partial charge in [0.2, 0.25) is 0 Å². The summed E-state index contributed by atoms with van der Waals surface area (Å²) in [5, 5.41) is 2.79. The fourth-order valence-corrected chi connectivity index (χ4v) is 2.29. The molecule has 3 rings (SSSR count). The second-order valence-corrected chi connectivity index (χ2v) is 4.77. The maximum atomic E-state index is 11.9. The minimum Gasteiger partial charge on any atom is -0.357 e. The van der Waals surface area contributed by atoms with Gasteiger partial charge < -0.3 is 10.2 Å². The Morgan fingerprint density at radius 1 is 1.10 bits per heavy atom. The average Bonchev–Trinajstić information content (AvgIpc) is 3.03. The first-order valence-corrected chi connectivity index (χ1v) is 6.76. The van der Waals surface area contributed by atoms with Crippen LogP contribution in [0, 0.1) is 0 Å². The van der Waals surface area contributed by atoms with E-state index in [9.17, 15) is 4.79 Å². The lowest BCUT2D eigenvalue weighted by Crippen LogP contribution is -2.19. The number of carbonyl (C=O) groups excluding carboxylic acids is 1. The first-order valence-electron chi connectivity index (χ1n) is 6.76. The van der Waals surface area contributed by atoms with Gasteiger partial charge in [-0.2, -0.15) is 0 Å². The third kappa shape index (κ3) is 2.77. The number of aromatic nitrogens is 2. The quantitative estimate of drug-likeness (QED) is 0.928. The van der Waals surface area contributed by atoms with E-state index in [1.165, 1.54) is 12.8 Å². The van der Waals surface area contributed by atoms with Crippen molar-refractivity contribution in [2.75, 3.05) is 23.3 Å². The molecule has 5 heteroatoms. The highest BCUT2D eigenvalue weighted by molar-refractivity contribution is 6.02. The highest BCUT2D eigenvalue weighted by Gasteiger charge is 2.13. The van der Waals surface area contributed by atoms with Crippen molar-refractivity contribution in [2.24, 2.45) is 0 Å². The zero-order chi connectivity index (χ0) is 13.8. The molecule has 20 heavy (non-hydrogen) atoms. The van der Waals surface area contributed by atoms with Gasteiger partial charge in [0.15, 0.2) is 0 Å². The van der Waals surface area contributed by atoms with Crippen LogP contribution in [-0.4, -0.2) is 29.0 Å². The predicted octanol–water partition coefficient (Wildman–Crippen LogP) is 2.33. The van der Waals surface area contributed by atoms with Gasteiger partial charge in [0.1, 0.15) is 11.5 Å². The number of hydrogen-bond acceptors (Lipinski definition) is 4. The second kappa shape index (κ2) is 5.69. The summed E-state index contributed by atoms with van der Waals surface area (Å²) >= 11 is 0. The van der Waals surface area contributed by atoms with Crippen molar-refractivity contribution in [3.05, 3.63) is 48.4 Å². The molecule has 102 valence electrons. The van der Waals surface area contributed by atoms with Gasteiger partial charge in [0, 0.05) is 19.3 Å². The van der Waals surface area contributed by atoms with Crippen LogP contribution in [0.1, 0.15) is 23.3 Å². The molecule has 5 nitrogen and oxygen atoms in total. The Balaban J connectivity index is 1.67. The van der Waals surface area contributed by atoms with E-state index in [1.54, 1.807) is 30.6 Å². The molecule has 1 N–H and O–H groups in total. The van der Waals surface area contributed by atoms with Gasteiger partial charge in [-0.15, -0.1) is 0 Å². The van der Waals surface area contributed by atoms with Gasteiger partial charge in [-0.25, -0.2) is 4.98 Å². The average molecular weight is 268 g/mol. The van der Waals surface area contributed by atoms with Gasteiger partial charge in [0.05, 0.1) is 11.9 Å². The molecule has 0 aromatic carbocycles. The Hall–Kier alpha value is -2.43. The SMILES string of the molecule is O=C(Nc1ccc(N2CCCC2)nc1)c1ccccn1. The third-order valence-electron chi connectivity index (χ3n) is 3.33. The van der Waals surface area contributed by atoms with Crippen molar-refractivity contribution < 1.29 is 4.79 Å². The molecule has 1 amide bonds. The molecular formula is C15H16N4O. The summed E-state index contributed by atoms with van der Waals surface area (Å²) in [7, 11) is 0. The van der Waals surface area contributed by atoms with E-state index in [0.29, 0.717) is 11.4 Å². The van der Waals surface area contributed by atoms with Crippen LogP contribution in [0.25, 0.3) is 0 Å². The summed E-state index contributed by atoms with van der Waals surface area (Å²) in [6, 6.07) is 9.07. The summed E-state index contributed by atoms with van der Waals surface area (Å²) in [4.78, 5) is 22.6. The lowest BCUT2D eigenvalue weighted by Gasteiger charge is -2.16. The van der Waals surface area contributed by atoms with Gasteiger partial charge in [0.25, 0.3) is 5.91 Å². The molecule has 0 radical (unpaired) electrons. The Kier molecular flexibility index (Phi) is 3.58. The van der Waals surface area contributed by atoms with Crippen molar-refractivity contribution in [3.8, 4) is 0 Å². The van der Waals surface area contributed by atoms with E-state index >= 15 is 0 Å². The van der Waals surface area contributed by atoms with E-state index in [0.717, 1.165) is 18.9 Å². The molecule has 3 heterocycles. The summed E-state index contributed by atoms with van der Waals surface area (Å²) in [6.07, 6.45) is 5.73. The molecule has 1 aliphatic rings. The Labute approximate surface area is 117 Å². The summed E-state index contributed by atoms with van der Waals surface area (Å²) in [5.74, 6) is 0.750. The monoisotopic (exact) mass is 268 g/mol. The summed E-state index contributed by atoms with van der Waals surface area (Å²) < 4.78 is 0. The fourth-order valence-electron chi connectivity index (χ4n) is 2.29. The molecule has 1 aliphatic heterocycles. The number of nitrogens with one attached hydrogen (secondary N) is 1. The summed E-state index contributed by atoms with van der Waals surface area (Å²) in [6.45, 7) is 2.12. The molecule has 2 aromatic rings. The fraction of sp³-hybridized carbons (Fsp3) is 0.267.